The summed E-state index contributed by atoms with van der Waals surface area (Å²) in [5.41, 5.74) is 2.42. The fourth-order valence-corrected chi connectivity index (χ4v) is 2.26. The molecule has 0 bridgehead atoms. The normalized spacial score (nSPS) is 10.6. The number of hydrogen-bond acceptors (Lipinski definition) is 5. The number of benzene rings is 1. The van der Waals surface area contributed by atoms with Crippen LogP contribution in [0.1, 0.15) is 11.4 Å². The highest BCUT2D eigenvalue weighted by Crippen LogP contribution is 2.26. The molecule has 0 aliphatic rings. The summed E-state index contributed by atoms with van der Waals surface area (Å²) in [6, 6.07) is 9.87. The van der Waals surface area contributed by atoms with E-state index in [4.69, 9.17) is 4.74 Å². The van der Waals surface area contributed by atoms with Crippen molar-refractivity contribution in [2.24, 2.45) is 0 Å². The van der Waals surface area contributed by atoms with Crippen LogP contribution in [0.25, 0.3) is 22.9 Å². The van der Waals surface area contributed by atoms with E-state index in [-0.39, 0.29) is 5.82 Å². The predicted octanol–water partition coefficient (Wildman–Crippen LogP) is 3.37. The van der Waals surface area contributed by atoms with Crippen LogP contribution in [0.3, 0.4) is 0 Å². The van der Waals surface area contributed by atoms with E-state index in [2.05, 4.69) is 19.9 Å². The lowest BCUT2D eigenvalue weighted by Gasteiger charge is -2.08. The second-order valence-electron chi connectivity index (χ2n) is 5.07. The minimum absolute atomic E-state index is 0.300. The molecule has 0 N–H and O–H groups in total. The molecule has 5 nitrogen and oxygen atoms in total. The lowest BCUT2D eigenvalue weighted by molar-refractivity contribution is 0.397. The zero-order valence-electron chi connectivity index (χ0n) is 13.0. The largest absolute Gasteiger partial charge is 0.481 e. The van der Waals surface area contributed by atoms with Crippen LogP contribution in [0.5, 0.6) is 5.88 Å². The highest BCUT2D eigenvalue weighted by Gasteiger charge is 2.14. The second-order valence-corrected chi connectivity index (χ2v) is 5.07. The zero-order chi connectivity index (χ0) is 16.4. The van der Waals surface area contributed by atoms with E-state index in [0.717, 1.165) is 11.4 Å². The Morgan fingerprint density at radius 3 is 2.17 bits per heavy atom. The van der Waals surface area contributed by atoms with Crippen LogP contribution in [0.2, 0.25) is 0 Å². The van der Waals surface area contributed by atoms with Gasteiger partial charge in [0.2, 0.25) is 11.7 Å². The predicted molar refractivity (Wildman–Crippen MR) is 84.5 cm³/mol. The molecule has 2 aromatic heterocycles. The Kier molecular flexibility index (Phi) is 3.97. The van der Waals surface area contributed by atoms with Crippen LogP contribution in [0.15, 0.2) is 36.4 Å². The summed E-state index contributed by atoms with van der Waals surface area (Å²) in [5, 5.41) is 0. The smallest absolute Gasteiger partial charge is 0.217 e. The Balaban J connectivity index is 2.19. The SMILES string of the molecule is COc1cc(-c2ccccc2F)nc(-c2nc(C)cc(C)n2)n1. The van der Waals surface area contributed by atoms with E-state index in [9.17, 15) is 4.39 Å². The Morgan fingerprint density at radius 1 is 0.870 bits per heavy atom. The molecule has 0 unspecified atom stereocenters. The molecule has 0 saturated carbocycles. The average molecular weight is 310 g/mol. The standard InChI is InChI=1S/C17H15FN4O/c1-10-8-11(2)20-16(19-10)17-21-14(9-15(22-17)23-3)12-6-4-5-7-13(12)18/h4-9H,1-3H3. The molecule has 2 heterocycles. The molecular formula is C17H15FN4O. The Hall–Kier alpha value is -2.89. The summed E-state index contributed by atoms with van der Waals surface area (Å²) >= 11 is 0. The number of rotatable bonds is 3. The van der Waals surface area contributed by atoms with Crippen LogP contribution in [0, 0.1) is 19.7 Å². The van der Waals surface area contributed by atoms with Crippen LogP contribution in [-0.4, -0.2) is 27.0 Å². The summed E-state index contributed by atoms with van der Waals surface area (Å²) in [6.07, 6.45) is 0. The molecule has 3 aromatic rings. The van der Waals surface area contributed by atoms with E-state index < -0.39 is 0 Å². The van der Waals surface area contributed by atoms with Gasteiger partial charge in [0, 0.05) is 23.0 Å². The first-order chi connectivity index (χ1) is 11.1. The highest BCUT2D eigenvalue weighted by atomic mass is 19.1. The number of nitrogens with zero attached hydrogens (tertiary/aromatic N) is 4. The van der Waals surface area contributed by atoms with Crippen LogP contribution in [0.4, 0.5) is 4.39 Å². The van der Waals surface area contributed by atoms with Gasteiger partial charge in [-0.2, -0.15) is 4.98 Å². The number of halogens is 1. The van der Waals surface area contributed by atoms with E-state index in [1.807, 2.05) is 19.9 Å². The van der Waals surface area contributed by atoms with Gasteiger partial charge in [0.15, 0.2) is 5.82 Å². The van der Waals surface area contributed by atoms with Gasteiger partial charge in [-0.1, -0.05) is 12.1 Å². The fourth-order valence-electron chi connectivity index (χ4n) is 2.26. The zero-order valence-corrected chi connectivity index (χ0v) is 13.0. The molecule has 0 amide bonds. The topological polar surface area (TPSA) is 60.8 Å². The Bertz CT molecular complexity index is 847. The van der Waals surface area contributed by atoms with Gasteiger partial charge in [-0.25, -0.2) is 19.3 Å². The molecule has 116 valence electrons. The molecule has 0 atom stereocenters. The minimum atomic E-state index is -0.361. The number of hydrogen-bond donors (Lipinski definition) is 0. The Labute approximate surface area is 133 Å². The summed E-state index contributed by atoms with van der Waals surface area (Å²) in [7, 11) is 1.50. The number of ether oxygens (including phenoxy) is 1. The molecule has 6 heteroatoms. The number of aryl methyl sites for hydroxylation is 2. The Morgan fingerprint density at radius 2 is 1.52 bits per heavy atom. The molecule has 0 fully saturated rings. The number of methoxy groups -OCH3 is 1. The van der Waals surface area contributed by atoms with Gasteiger partial charge in [0.25, 0.3) is 0 Å². The highest BCUT2D eigenvalue weighted by molar-refractivity contribution is 5.63. The third-order valence-electron chi connectivity index (χ3n) is 3.24. The van der Waals surface area contributed by atoms with Crippen molar-refractivity contribution in [3.63, 3.8) is 0 Å². The van der Waals surface area contributed by atoms with Crippen molar-refractivity contribution < 1.29 is 9.13 Å². The van der Waals surface area contributed by atoms with E-state index in [1.54, 1.807) is 24.3 Å². The molecule has 3 rings (SSSR count). The third kappa shape index (κ3) is 3.15. The van der Waals surface area contributed by atoms with Crippen LogP contribution < -0.4 is 4.74 Å². The average Bonchev–Trinajstić information content (AvgIpc) is 2.54. The first kappa shape index (κ1) is 15.0. The van der Waals surface area contributed by atoms with E-state index >= 15 is 0 Å². The first-order valence-corrected chi connectivity index (χ1v) is 7.07. The molecule has 0 radical (unpaired) electrons. The number of aromatic nitrogens is 4. The van der Waals surface area contributed by atoms with Gasteiger partial charge in [0.05, 0.1) is 12.8 Å². The van der Waals surface area contributed by atoms with Crippen molar-refractivity contribution >= 4 is 0 Å². The lowest BCUT2D eigenvalue weighted by Crippen LogP contribution is -2.02. The summed E-state index contributed by atoms with van der Waals surface area (Å²) in [4.78, 5) is 17.4. The van der Waals surface area contributed by atoms with Crippen LogP contribution in [-0.2, 0) is 0 Å². The minimum Gasteiger partial charge on any atom is -0.481 e. The molecule has 1 aromatic carbocycles. The van der Waals surface area contributed by atoms with Crippen molar-refractivity contribution in [3.05, 3.63) is 53.6 Å². The van der Waals surface area contributed by atoms with Gasteiger partial charge >= 0.3 is 0 Å². The summed E-state index contributed by atoms with van der Waals surface area (Å²) < 4.78 is 19.3. The van der Waals surface area contributed by atoms with Crippen molar-refractivity contribution in [2.45, 2.75) is 13.8 Å². The van der Waals surface area contributed by atoms with Gasteiger partial charge in [-0.3, -0.25) is 0 Å². The summed E-state index contributed by atoms with van der Waals surface area (Å²) in [5.74, 6) is 0.657. The third-order valence-corrected chi connectivity index (χ3v) is 3.24. The molecule has 23 heavy (non-hydrogen) atoms. The molecule has 0 aliphatic heterocycles. The molecular weight excluding hydrogens is 295 g/mol. The van der Waals surface area contributed by atoms with Gasteiger partial charge in [-0.15, -0.1) is 0 Å². The van der Waals surface area contributed by atoms with Crippen molar-refractivity contribution in [1.29, 1.82) is 0 Å². The van der Waals surface area contributed by atoms with Crippen molar-refractivity contribution in [1.82, 2.24) is 19.9 Å². The van der Waals surface area contributed by atoms with Crippen molar-refractivity contribution in [2.75, 3.05) is 7.11 Å². The van der Waals surface area contributed by atoms with E-state index in [1.165, 1.54) is 13.2 Å². The first-order valence-electron chi connectivity index (χ1n) is 7.07. The lowest BCUT2D eigenvalue weighted by atomic mass is 10.1. The summed E-state index contributed by atoms with van der Waals surface area (Å²) in [6.45, 7) is 3.74. The van der Waals surface area contributed by atoms with Gasteiger partial charge in [-0.05, 0) is 32.0 Å². The molecule has 0 saturated heterocycles. The maximum absolute atomic E-state index is 14.0. The van der Waals surface area contributed by atoms with E-state index in [0.29, 0.717) is 28.8 Å². The monoisotopic (exact) mass is 310 g/mol. The molecule has 0 spiro atoms. The van der Waals surface area contributed by atoms with Crippen LogP contribution >= 0.6 is 0 Å². The van der Waals surface area contributed by atoms with Gasteiger partial charge in [0.1, 0.15) is 5.82 Å². The van der Waals surface area contributed by atoms with Crippen molar-refractivity contribution in [3.8, 4) is 28.8 Å². The maximum atomic E-state index is 14.0. The fraction of sp³-hybridized carbons (Fsp3) is 0.176. The van der Waals surface area contributed by atoms with Gasteiger partial charge < -0.3 is 4.74 Å². The maximum Gasteiger partial charge on any atom is 0.217 e. The second kappa shape index (κ2) is 6.08. The molecule has 0 aliphatic carbocycles. The quantitative estimate of drug-likeness (QED) is 0.742.